The topological polar surface area (TPSA) is 24.9 Å². The Bertz CT molecular complexity index is 565. The van der Waals surface area contributed by atoms with Crippen molar-refractivity contribution in [2.75, 3.05) is 47.4 Å². The summed E-state index contributed by atoms with van der Waals surface area (Å²) in [6, 6.07) is 3.21. The minimum atomic E-state index is -0.213. The van der Waals surface area contributed by atoms with E-state index in [9.17, 15) is 4.39 Å². The van der Waals surface area contributed by atoms with E-state index in [0.29, 0.717) is 23.6 Å². The summed E-state index contributed by atoms with van der Waals surface area (Å²) in [7, 11) is 5.34. The average molecular weight is 350 g/mol. The molecule has 0 aromatic heterocycles. The summed E-state index contributed by atoms with van der Waals surface area (Å²) in [6.45, 7) is 5.24. The van der Waals surface area contributed by atoms with Crippen LogP contribution in [0.4, 0.5) is 4.39 Å². The van der Waals surface area contributed by atoms with Crippen LogP contribution in [0.25, 0.3) is 0 Å². The molecule has 1 aromatic carbocycles. The maximum Gasteiger partial charge on any atom is 0.163 e. The van der Waals surface area contributed by atoms with E-state index in [-0.39, 0.29) is 5.82 Å². The highest BCUT2D eigenvalue weighted by atomic mass is 19.1. The predicted molar refractivity (Wildman–Crippen MR) is 97.7 cm³/mol. The van der Waals surface area contributed by atoms with Gasteiger partial charge in [0.15, 0.2) is 11.5 Å². The Balaban J connectivity index is 1.55. The first-order valence-corrected chi connectivity index (χ1v) is 9.42. The molecular formula is C20H31FN2O2. The van der Waals surface area contributed by atoms with E-state index in [1.807, 2.05) is 0 Å². The molecule has 2 aliphatic heterocycles. The molecule has 25 heavy (non-hydrogen) atoms. The molecule has 0 radical (unpaired) electrons. The summed E-state index contributed by atoms with van der Waals surface area (Å²) in [4.78, 5) is 4.81. The van der Waals surface area contributed by atoms with E-state index in [2.05, 4.69) is 16.8 Å². The summed E-state index contributed by atoms with van der Waals surface area (Å²) in [5.74, 6) is 2.57. The second-order valence-corrected chi connectivity index (χ2v) is 7.55. The van der Waals surface area contributed by atoms with Crippen molar-refractivity contribution in [1.82, 2.24) is 9.80 Å². The maximum atomic E-state index is 14.3. The fourth-order valence-electron chi connectivity index (χ4n) is 4.34. The van der Waals surface area contributed by atoms with E-state index in [1.165, 1.54) is 51.9 Å². The normalized spacial score (nSPS) is 21.4. The Morgan fingerprint density at radius 1 is 0.920 bits per heavy atom. The Kier molecular flexibility index (Phi) is 6.18. The van der Waals surface area contributed by atoms with Crippen molar-refractivity contribution in [3.63, 3.8) is 0 Å². The van der Waals surface area contributed by atoms with Gasteiger partial charge in [-0.3, -0.25) is 4.90 Å². The first-order chi connectivity index (χ1) is 12.1. The molecule has 4 nitrogen and oxygen atoms in total. The molecule has 2 saturated heterocycles. The van der Waals surface area contributed by atoms with Gasteiger partial charge in [-0.05, 0) is 76.8 Å². The van der Waals surface area contributed by atoms with Gasteiger partial charge in [0, 0.05) is 18.2 Å². The van der Waals surface area contributed by atoms with Crippen LogP contribution in [0, 0.1) is 17.7 Å². The Labute approximate surface area is 150 Å². The maximum absolute atomic E-state index is 14.3. The predicted octanol–water partition coefficient (Wildman–Crippen LogP) is 3.40. The molecule has 0 spiro atoms. The van der Waals surface area contributed by atoms with Crippen molar-refractivity contribution < 1.29 is 13.9 Å². The zero-order valence-corrected chi connectivity index (χ0v) is 15.8. The molecule has 0 saturated carbocycles. The number of halogens is 1. The molecule has 0 bridgehead atoms. The smallest absolute Gasteiger partial charge is 0.163 e. The summed E-state index contributed by atoms with van der Waals surface area (Å²) in [6.07, 6.45) is 5.16. The highest BCUT2D eigenvalue weighted by Gasteiger charge is 2.29. The van der Waals surface area contributed by atoms with Gasteiger partial charge >= 0.3 is 0 Å². The quantitative estimate of drug-likeness (QED) is 0.813. The van der Waals surface area contributed by atoms with Gasteiger partial charge in [0.05, 0.1) is 14.2 Å². The lowest BCUT2D eigenvalue weighted by atomic mass is 9.79. The summed E-state index contributed by atoms with van der Waals surface area (Å²) in [5, 5.41) is 0. The van der Waals surface area contributed by atoms with Crippen LogP contribution < -0.4 is 9.47 Å². The van der Waals surface area contributed by atoms with Crippen LogP contribution in [0.3, 0.4) is 0 Å². The van der Waals surface area contributed by atoms with Crippen molar-refractivity contribution in [3.05, 3.63) is 23.5 Å². The molecule has 0 amide bonds. The van der Waals surface area contributed by atoms with Crippen molar-refractivity contribution in [3.8, 4) is 11.5 Å². The number of ether oxygens (including phenoxy) is 2. The van der Waals surface area contributed by atoms with Crippen LogP contribution in [-0.2, 0) is 6.54 Å². The van der Waals surface area contributed by atoms with Gasteiger partial charge in [0.1, 0.15) is 5.82 Å². The second-order valence-electron chi connectivity index (χ2n) is 7.55. The number of methoxy groups -OCH3 is 2. The molecule has 5 heteroatoms. The summed E-state index contributed by atoms with van der Waals surface area (Å²) in [5.41, 5.74) is 0.690. The molecule has 0 atom stereocenters. The Morgan fingerprint density at radius 2 is 1.44 bits per heavy atom. The number of benzene rings is 1. The van der Waals surface area contributed by atoms with Crippen LogP contribution in [0.15, 0.2) is 12.1 Å². The number of hydrogen-bond acceptors (Lipinski definition) is 4. The van der Waals surface area contributed by atoms with Gasteiger partial charge in [-0.2, -0.15) is 0 Å². The minimum absolute atomic E-state index is 0.213. The first kappa shape index (κ1) is 18.5. The van der Waals surface area contributed by atoms with Gasteiger partial charge in [0.25, 0.3) is 0 Å². The number of hydrogen-bond donors (Lipinski definition) is 0. The molecule has 0 N–H and O–H groups in total. The molecule has 2 aliphatic rings. The second kappa shape index (κ2) is 8.37. The van der Waals surface area contributed by atoms with Crippen LogP contribution >= 0.6 is 0 Å². The highest BCUT2D eigenvalue weighted by molar-refractivity contribution is 5.43. The van der Waals surface area contributed by atoms with Crippen molar-refractivity contribution in [2.24, 2.45) is 11.8 Å². The number of piperidine rings is 2. The molecular weight excluding hydrogens is 319 g/mol. The van der Waals surface area contributed by atoms with Crippen molar-refractivity contribution in [1.29, 1.82) is 0 Å². The molecule has 3 rings (SSSR count). The van der Waals surface area contributed by atoms with Crippen molar-refractivity contribution >= 4 is 0 Å². The molecule has 2 fully saturated rings. The highest BCUT2D eigenvalue weighted by Crippen LogP contribution is 2.34. The van der Waals surface area contributed by atoms with Gasteiger partial charge in [-0.25, -0.2) is 4.39 Å². The number of nitrogens with zero attached hydrogens (tertiary/aromatic N) is 2. The molecule has 0 aliphatic carbocycles. The van der Waals surface area contributed by atoms with E-state index in [0.717, 1.165) is 24.9 Å². The Hall–Kier alpha value is -1.33. The van der Waals surface area contributed by atoms with Crippen LogP contribution in [0.1, 0.15) is 31.2 Å². The van der Waals surface area contributed by atoms with Gasteiger partial charge in [-0.1, -0.05) is 0 Å². The monoisotopic (exact) mass is 350 g/mol. The van der Waals surface area contributed by atoms with Crippen LogP contribution in [0.5, 0.6) is 11.5 Å². The molecule has 1 aromatic rings. The lowest BCUT2D eigenvalue weighted by Gasteiger charge is -2.39. The largest absolute Gasteiger partial charge is 0.493 e. The molecule has 140 valence electrons. The van der Waals surface area contributed by atoms with Crippen LogP contribution in [-0.4, -0.2) is 57.2 Å². The fraction of sp³-hybridized carbons (Fsp3) is 0.700. The van der Waals surface area contributed by atoms with E-state index >= 15 is 0 Å². The lowest BCUT2D eigenvalue weighted by molar-refractivity contribution is 0.102. The summed E-state index contributed by atoms with van der Waals surface area (Å²) >= 11 is 0. The van der Waals surface area contributed by atoms with Crippen molar-refractivity contribution in [2.45, 2.75) is 32.2 Å². The third-order valence-corrected chi connectivity index (χ3v) is 6.01. The zero-order valence-electron chi connectivity index (χ0n) is 15.8. The number of likely N-dealkylation sites (tertiary alicyclic amines) is 2. The third kappa shape index (κ3) is 4.45. The summed E-state index contributed by atoms with van der Waals surface area (Å²) < 4.78 is 24.8. The SMILES string of the molecule is COc1cc(F)c(CN2CCC(C3CCN(C)CC3)CC2)cc1OC. The number of rotatable bonds is 5. The molecule has 2 heterocycles. The lowest BCUT2D eigenvalue weighted by Crippen LogP contribution is -2.39. The van der Waals surface area contributed by atoms with E-state index in [4.69, 9.17) is 9.47 Å². The standard InChI is InChI=1S/C20H31FN2O2/c1-22-8-4-15(5-9-22)16-6-10-23(11-7-16)14-17-12-19(24-2)20(25-3)13-18(17)21/h12-13,15-16H,4-11,14H2,1-3H3. The average Bonchev–Trinajstić information content (AvgIpc) is 2.64. The van der Waals surface area contributed by atoms with Gasteiger partial charge in [0.2, 0.25) is 0 Å². The van der Waals surface area contributed by atoms with Crippen LogP contribution in [0.2, 0.25) is 0 Å². The molecule has 0 unspecified atom stereocenters. The zero-order chi connectivity index (χ0) is 17.8. The first-order valence-electron chi connectivity index (χ1n) is 9.42. The fourth-order valence-corrected chi connectivity index (χ4v) is 4.34. The third-order valence-electron chi connectivity index (χ3n) is 6.01. The van der Waals surface area contributed by atoms with E-state index in [1.54, 1.807) is 13.2 Å². The minimum Gasteiger partial charge on any atom is -0.493 e. The van der Waals surface area contributed by atoms with Gasteiger partial charge in [-0.15, -0.1) is 0 Å². The van der Waals surface area contributed by atoms with Gasteiger partial charge < -0.3 is 14.4 Å². The van der Waals surface area contributed by atoms with E-state index < -0.39 is 0 Å². The Morgan fingerprint density at radius 3 is 2.00 bits per heavy atom.